The van der Waals surface area contributed by atoms with Gasteiger partial charge in [0.05, 0.1) is 23.7 Å². The highest BCUT2D eigenvalue weighted by molar-refractivity contribution is 5.97. The second-order valence-corrected chi connectivity index (χ2v) is 11.3. The lowest BCUT2D eigenvalue weighted by atomic mass is 9.95. The zero-order valence-corrected chi connectivity index (χ0v) is 25.1. The Morgan fingerprint density at radius 3 is 2.52 bits per heavy atom. The van der Waals surface area contributed by atoms with E-state index >= 15 is 8.78 Å². The average Bonchev–Trinajstić information content (AvgIpc) is 3.34. The zero-order valence-electron chi connectivity index (χ0n) is 25.1. The number of likely N-dealkylation sites (N-methyl/N-ethyl adjacent to an activating group) is 1. The van der Waals surface area contributed by atoms with Crippen LogP contribution in [0.1, 0.15) is 42.5 Å². The fourth-order valence-electron chi connectivity index (χ4n) is 6.10. The zero-order chi connectivity index (χ0) is 33.1. The van der Waals surface area contributed by atoms with Crippen LogP contribution in [0.5, 0.6) is 11.9 Å². The van der Waals surface area contributed by atoms with E-state index in [1.807, 2.05) is 14.0 Å². The molecule has 1 aromatic carbocycles. The maximum atomic E-state index is 16.6. The van der Waals surface area contributed by atoms with E-state index in [9.17, 15) is 17.6 Å². The molecule has 2 atom stereocenters. The highest BCUT2D eigenvalue weighted by Gasteiger charge is 2.42. The number of rotatable bonds is 6. The Hall–Kier alpha value is -4.60. The molecule has 0 unspecified atom stereocenters. The lowest BCUT2D eigenvalue weighted by Gasteiger charge is -2.30. The normalized spacial score (nSPS) is 17.7. The number of alkyl halides is 3. The van der Waals surface area contributed by atoms with Crippen LogP contribution < -0.4 is 25.8 Å². The van der Waals surface area contributed by atoms with Crippen LogP contribution in [0.15, 0.2) is 18.3 Å². The Labute approximate surface area is 259 Å². The van der Waals surface area contributed by atoms with Crippen molar-refractivity contribution in [3.8, 4) is 23.1 Å². The predicted octanol–water partition coefficient (Wildman–Crippen LogP) is 5.43. The first-order chi connectivity index (χ1) is 21.8. The standard InChI is InChI=1S/C30H30F6N8O2/c1-13-19(30(34,35)36)17(21(32)23(37)20(13)31)24-22(33)25-18-27(42-29(41-25)46-12-15-6-5-9-43(15)3)44(10-11-45-28(18)40-24)14(2)16-7-4-8-39-26(16)38/h4,7-8,14-15H,5-6,9-12,37H2,1-3H3,(H2,38,39)/t14-,15+/m1/s1. The number of nitrogen functional groups attached to an aromatic ring is 2. The number of aromatic nitrogens is 4. The Kier molecular flexibility index (Phi) is 7.94. The number of nitrogens with two attached hydrogens (primary N) is 2. The summed E-state index contributed by atoms with van der Waals surface area (Å²) in [4.78, 5) is 20.8. The van der Waals surface area contributed by atoms with Crippen molar-refractivity contribution in [1.29, 1.82) is 0 Å². The van der Waals surface area contributed by atoms with E-state index in [1.54, 1.807) is 17.0 Å². The minimum atomic E-state index is -5.30. The van der Waals surface area contributed by atoms with E-state index in [2.05, 4.69) is 24.8 Å². The minimum absolute atomic E-state index is 0.0222. The van der Waals surface area contributed by atoms with Gasteiger partial charge >= 0.3 is 12.2 Å². The number of halogens is 6. The number of anilines is 3. The van der Waals surface area contributed by atoms with Crippen molar-refractivity contribution >= 4 is 28.2 Å². The molecule has 0 saturated carbocycles. The average molecular weight is 649 g/mol. The molecular weight excluding hydrogens is 618 g/mol. The van der Waals surface area contributed by atoms with Crippen LogP contribution >= 0.6 is 0 Å². The van der Waals surface area contributed by atoms with E-state index in [0.717, 1.165) is 26.3 Å². The van der Waals surface area contributed by atoms with Crippen molar-refractivity contribution < 1.29 is 35.8 Å². The number of hydrogen-bond acceptors (Lipinski definition) is 10. The molecule has 0 amide bonds. The lowest BCUT2D eigenvalue weighted by Crippen LogP contribution is -2.32. The van der Waals surface area contributed by atoms with Crippen molar-refractivity contribution in [2.45, 2.75) is 44.9 Å². The van der Waals surface area contributed by atoms with E-state index in [0.29, 0.717) is 5.56 Å². The summed E-state index contributed by atoms with van der Waals surface area (Å²) >= 11 is 0. The molecule has 4 aromatic rings. The van der Waals surface area contributed by atoms with E-state index in [-0.39, 0.29) is 54.7 Å². The van der Waals surface area contributed by atoms with Crippen LogP contribution in [0, 0.1) is 24.4 Å². The van der Waals surface area contributed by atoms with Crippen LogP contribution in [-0.4, -0.2) is 64.2 Å². The summed E-state index contributed by atoms with van der Waals surface area (Å²) in [5, 5.41) is -0.0841. The third kappa shape index (κ3) is 5.23. The lowest BCUT2D eigenvalue weighted by molar-refractivity contribution is -0.137. The summed E-state index contributed by atoms with van der Waals surface area (Å²) in [5.41, 5.74) is 5.29. The van der Waals surface area contributed by atoms with E-state index < -0.39 is 63.3 Å². The molecule has 0 radical (unpaired) electrons. The van der Waals surface area contributed by atoms with Gasteiger partial charge in [-0.1, -0.05) is 6.07 Å². The Morgan fingerprint density at radius 2 is 1.85 bits per heavy atom. The van der Waals surface area contributed by atoms with Gasteiger partial charge in [-0.2, -0.15) is 23.1 Å². The van der Waals surface area contributed by atoms with Gasteiger partial charge in [0.25, 0.3) is 0 Å². The summed E-state index contributed by atoms with van der Waals surface area (Å²) in [6.07, 6.45) is -1.99. The van der Waals surface area contributed by atoms with Crippen LogP contribution in [0.4, 0.5) is 43.7 Å². The van der Waals surface area contributed by atoms with Crippen LogP contribution in [0.2, 0.25) is 0 Å². The van der Waals surface area contributed by atoms with Gasteiger partial charge in [-0.3, -0.25) is 0 Å². The quantitative estimate of drug-likeness (QED) is 0.206. The Morgan fingerprint density at radius 1 is 1.09 bits per heavy atom. The molecule has 244 valence electrons. The number of ether oxygens (including phenoxy) is 2. The summed E-state index contributed by atoms with van der Waals surface area (Å²) in [7, 11) is 1.93. The molecule has 16 heteroatoms. The molecule has 5 heterocycles. The number of benzene rings is 1. The second-order valence-electron chi connectivity index (χ2n) is 11.3. The summed E-state index contributed by atoms with van der Waals surface area (Å²) in [5.74, 6) is -4.87. The first-order valence-corrected chi connectivity index (χ1v) is 14.5. The van der Waals surface area contributed by atoms with Crippen molar-refractivity contribution in [2.24, 2.45) is 0 Å². The molecule has 4 N–H and O–H groups in total. The van der Waals surface area contributed by atoms with Gasteiger partial charge in [0.1, 0.15) is 47.1 Å². The highest BCUT2D eigenvalue weighted by Crippen LogP contribution is 2.47. The van der Waals surface area contributed by atoms with Gasteiger partial charge in [0.15, 0.2) is 17.5 Å². The summed E-state index contributed by atoms with van der Waals surface area (Å²) in [6, 6.07) is 2.70. The Balaban J connectivity index is 1.61. The SMILES string of the molecule is Cc1c(F)c(N)c(F)c(-c2nc3c4c(nc(OC[C@@H]5CCCN5C)nc4c2F)N([C@H](C)c2cccnc2N)CCO3)c1C(F)(F)F. The van der Waals surface area contributed by atoms with Crippen LogP contribution in [0.3, 0.4) is 0 Å². The molecule has 6 rings (SSSR count). The van der Waals surface area contributed by atoms with Gasteiger partial charge in [-0.15, -0.1) is 0 Å². The molecule has 0 spiro atoms. The van der Waals surface area contributed by atoms with Crippen molar-refractivity contribution in [1.82, 2.24) is 24.8 Å². The van der Waals surface area contributed by atoms with Crippen LogP contribution in [-0.2, 0) is 6.18 Å². The van der Waals surface area contributed by atoms with Crippen LogP contribution in [0.25, 0.3) is 22.2 Å². The second kappa shape index (κ2) is 11.6. The fourth-order valence-corrected chi connectivity index (χ4v) is 6.10. The smallest absolute Gasteiger partial charge is 0.417 e. The maximum Gasteiger partial charge on any atom is 0.417 e. The minimum Gasteiger partial charge on any atom is -0.475 e. The van der Waals surface area contributed by atoms with Gasteiger partial charge < -0.3 is 30.7 Å². The van der Waals surface area contributed by atoms with E-state index in [4.69, 9.17) is 20.9 Å². The van der Waals surface area contributed by atoms with Crippen molar-refractivity contribution in [3.63, 3.8) is 0 Å². The van der Waals surface area contributed by atoms with Gasteiger partial charge in [-0.25, -0.2) is 23.1 Å². The van der Waals surface area contributed by atoms with E-state index in [1.165, 1.54) is 6.20 Å². The largest absolute Gasteiger partial charge is 0.475 e. The molecule has 46 heavy (non-hydrogen) atoms. The number of hydrogen-bond donors (Lipinski definition) is 2. The Bertz CT molecular complexity index is 1840. The molecule has 2 aliphatic rings. The number of pyridine rings is 2. The summed E-state index contributed by atoms with van der Waals surface area (Å²) < 4.78 is 101. The third-order valence-electron chi connectivity index (χ3n) is 8.59. The maximum absolute atomic E-state index is 16.6. The highest BCUT2D eigenvalue weighted by atomic mass is 19.4. The predicted molar refractivity (Wildman–Crippen MR) is 158 cm³/mol. The molecule has 2 aliphatic heterocycles. The first kappa shape index (κ1) is 31.4. The number of nitrogens with zero attached hydrogens (tertiary/aromatic N) is 6. The molecule has 1 fully saturated rings. The monoisotopic (exact) mass is 648 g/mol. The van der Waals surface area contributed by atoms with Gasteiger partial charge in [0.2, 0.25) is 5.88 Å². The topological polar surface area (TPSA) is 129 Å². The molecule has 10 nitrogen and oxygen atoms in total. The summed E-state index contributed by atoms with van der Waals surface area (Å²) in [6.45, 7) is 3.65. The molecular formula is C30H30F6N8O2. The third-order valence-corrected chi connectivity index (χ3v) is 8.59. The van der Waals surface area contributed by atoms with Gasteiger partial charge in [0, 0.05) is 17.8 Å². The van der Waals surface area contributed by atoms with Crippen molar-refractivity contribution in [3.05, 3.63) is 52.5 Å². The number of likely N-dealkylation sites (tertiary alicyclic amines) is 1. The van der Waals surface area contributed by atoms with Crippen molar-refractivity contribution in [2.75, 3.05) is 49.7 Å². The fraction of sp³-hybridized carbons (Fsp3) is 0.400. The molecule has 1 saturated heterocycles. The first-order valence-electron chi connectivity index (χ1n) is 14.5. The molecule has 0 bridgehead atoms. The van der Waals surface area contributed by atoms with Gasteiger partial charge in [-0.05, 0) is 51.9 Å². The molecule has 0 aliphatic carbocycles. The molecule has 3 aromatic heterocycles.